The minimum absolute atomic E-state index is 0.0801. The Balaban J connectivity index is 1.34. The van der Waals surface area contributed by atoms with Crippen molar-refractivity contribution in [2.75, 3.05) is 11.1 Å². The zero-order valence-electron chi connectivity index (χ0n) is 26.7. The lowest BCUT2D eigenvalue weighted by Crippen LogP contribution is -2.38. The van der Waals surface area contributed by atoms with Gasteiger partial charge in [0.15, 0.2) is 12.4 Å². The molecule has 0 spiro atoms. The van der Waals surface area contributed by atoms with E-state index in [9.17, 15) is 19.8 Å². The van der Waals surface area contributed by atoms with Gasteiger partial charge in [-0.05, 0) is 70.4 Å². The van der Waals surface area contributed by atoms with E-state index in [1.165, 1.54) is 25.6 Å². The number of carbonyl (C=O) groups excluding carboxylic acids is 2. The van der Waals surface area contributed by atoms with Gasteiger partial charge in [0.25, 0.3) is 5.91 Å². The zero-order valence-corrected chi connectivity index (χ0v) is 27.6. The number of thioether (sulfide) groups is 1. The summed E-state index contributed by atoms with van der Waals surface area (Å²) in [5.74, 6) is -0.689. The third kappa shape index (κ3) is 8.15. The van der Waals surface area contributed by atoms with E-state index < -0.39 is 36.5 Å². The molecule has 1 saturated heterocycles. The molecule has 0 aliphatic carbocycles. The van der Waals surface area contributed by atoms with Gasteiger partial charge < -0.3 is 29.7 Å². The maximum Gasteiger partial charge on any atom is 0.303 e. The van der Waals surface area contributed by atoms with E-state index in [1.807, 2.05) is 60.7 Å². The van der Waals surface area contributed by atoms with Crippen molar-refractivity contribution in [3.8, 4) is 11.4 Å². The number of amides is 1. The first kappa shape index (κ1) is 33.8. The smallest absolute Gasteiger partial charge is 0.303 e. The van der Waals surface area contributed by atoms with Crippen molar-refractivity contribution < 1.29 is 34.0 Å². The Morgan fingerprint density at radius 3 is 2.39 bits per heavy atom. The van der Waals surface area contributed by atoms with Gasteiger partial charge in [0.2, 0.25) is 5.16 Å². The molecule has 0 saturated carbocycles. The van der Waals surface area contributed by atoms with Crippen LogP contribution in [0.4, 0.5) is 5.69 Å². The number of tetrazole rings is 1. The highest BCUT2D eigenvalue weighted by Crippen LogP contribution is 2.48. The Hall–Kier alpha value is -5.08. The molecule has 49 heavy (non-hydrogen) atoms. The van der Waals surface area contributed by atoms with Gasteiger partial charge in [-0.25, -0.2) is 0 Å². The molecule has 5 atom stereocenters. The number of nitrogens with zero attached hydrogens (tertiary/aromatic N) is 4. The lowest BCUT2D eigenvalue weighted by Gasteiger charge is -2.43. The molecule has 13 heteroatoms. The van der Waals surface area contributed by atoms with Crippen molar-refractivity contribution in [2.24, 2.45) is 0 Å². The van der Waals surface area contributed by atoms with Gasteiger partial charge in [-0.1, -0.05) is 78.5 Å². The molecule has 12 nitrogen and oxygen atoms in total. The lowest BCUT2D eigenvalue weighted by atomic mass is 9.84. The summed E-state index contributed by atoms with van der Waals surface area (Å²) in [7, 11) is 0. The molecule has 6 rings (SSSR count). The fraction of sp³-hybridized carbons (Fsp3) is 0.250. The summed E-state index contributed by atoms with van der Waals surface area (Å²) in [6.07, 6.45) is -2.68. The summed E-state index contributed by atoms with van der Waals surface area (Å²) in [5.41, 5.74) is 4.55. The number of carbonyl (C=O) groups is 2. The van der Waals surface area contributed by atoms with Crippen LogP contribution in [0.5, 0.6) is 5.75 Å². The zero-order chi connectivity index (χ0) is 34.3. The maximum absolute atomic E-state index is 12.7. The SMILES string of the molecule is CC(=O)OC(C)C(=O)Nc1cccc(C2OC(CSc3nnnn3-c3ccc(O)cc3)C(c3ccccc3)C(c3ccc(CO)cc3)O2)c1. The Bertz CT molecular complexity index is 1870. The van der Waals surface area contributed by atoms with Crippen molar-refractivity contribution in [3.05, 3.63) is 125 Å². The molecular formula is C36H35N5O7S. The first-order valence-electron chi connectivity index (χ1n) is 15.6. The molecule has 1 aromatic heterocycles. The third-order valence-electron chi connectivity index (χ3n) is 8.02. The number of hydrogen-bond acceptors (Lipinski definition) is 11. The number of phenolic OH excluding ortho intramolecular Hbond substituents is 1. The number of esters is 1. The molecule has 5 unspecified atom stereocenters. The number of benzene rings is 4. The molecular weight excluding hydrogens is 646 g/mol. The fourth-order valence-corrected chi connectivity index (χ4v) is 6.60. The summed E-state index contributed by atoms with van der Waals surface area (Å²) in [4.78, 5) is 24.1. The highest BCUT2D eigenvalue weighted by molar-refractivity contribution is 7.99. The predicted molar refractivity (Wildman–Crippen MR) is 181 cm³/mol. The Morgan fingerprint density at radius 1 is 0.939 bits per heavy atom. The van der Waals surface area contributed by atoms with Crippen molar-refractivity contribution in [1.82, 2.24) is 20.2 Å². The lowest BCUT2D eigenvalue weighted by molar-refractivity contribution is -0.255. The fourth-order valence-electron chi connectivity index (χ4n) is 5.64. The number of aromatic hydroxyl groups is 1. The van der Waals surface area contributed by atoms with Crippen LogP contribution >= 0.6 is 11.8 Å². The minimum Gasteiger partial charge on any atom is -0.508 e. The van der Waals surface area contributed by atoms with Gasteiger partial charge in [0, 0.05) is 29.8 Å². The van der Waals surface area contributed by atoms with E-state index in [0.29, 0.717) is 27.8 Å². The number of aliphatic hydroxyl groups excluding tert-OH is 1. The summed E-state index contributed by atoms with van der Waals surface area (Å²) in [6.45, 7) is 2.68. The van der Waals surface area contributed by atoms with Gasteiger partial charge in [-0.15, -0.1) is 5.10 Å². The number of hydrogen-bond donors (Lipinski definition) is 3. The molecule has 1 amide bonds. The quantitative estimate of drug-likeness (QED) is 0.120. The summed E-state index contributed by atoms with van der Waals surface area (Å²) >= 11 is 1.43. The number of nitrogens with one attached hydrogen (secondary N) is 1. The van der Waals surface area contributed by atoms with Crippen molar-refractivity contribution in [2.45, 2.75) is 56.1 Å². The summed E-state index contributed by atoms with van der Waals surface area (Å²) in [6, 6.07) is 31.4. The number of aliphatic hydroxyl groups is 1. The van der Waals surface area contributed by atoms with E-state index in [2.05, 4.69) is 20.8 Å². The van der Waals surface area contributed by atoms with Crippen molar-refractivity contribution >= 4 is 29.3 Å². The van der Waals surface area contributed by atoms with Gasteiger partial charge in [0.1, 0.15) is 5.75 Å². The van der Waals surface area contributed by atoms with E-state index >= 15 is 0 Å². The van der Waals surface area contributed by atoms with Crippen LogP contribution in [0, 0.1) is 0 Å². The molecule has 1 fully saturated rings. The Kier molecular flexibility index (Phi) is 10.6. The van der Waals surface area contributed by atoms with Crippen LogP contribution in [0.1, 0.15) is 54.4 Å². The number of anilines is 1. The van der Waals surface area contributed by atoms with Crippen LogP contribution < -0.4 is 5.32 Å². The minimum atomic E-state index is -0.972. The highest BCUT2D eigenvalue weighted by atomic mass is 32.2. The molecule has 252 valence electrons. The molecule has 3 N–H and O–H groups in total. The number of phenols is 1. The largest absolute Gasteiger partial charge is 0.508 e. The topological polar surface area (TPSA) is 158 Å². The predicted octanol–water partition coefficient (Wildman–Crippen LogP) is 5.48. The van der Waals surface area contributed by atoms with Gasteiger partial charge >= 0.3 is 5.97 Å². The van der Waals surface area contributed by atoms with E-state index in [4.69, 9.17) is 14.2 Å². The van der Waals surface area contributed by atoms with Gasteiger partial charge in [-0.3, -0.25) is 9.59 Å². The van der Waals surface area contributed by atoms with Gasteiger partial charge in [-0.2, -0.15) is 4.68 Å². The van der Waals surface area contributed by atoms with Crippen LogP contribution in [0.3, 0.4) is 0 Å². The normalized spacial score (nSPS) is 19.6. The molecule has 0 bridgehead atoms. The van der Waals surface area contributed by atoms with E-state index in [1.54, 1.807) is 47.1 Å². The van der Waals surface area contributed by atoms with Crippen LogP contribution in [0.25, 0.3) is 5.69 Å². The summed E-state index contributed by atoms with van der Waals surface area (Å²) in [5, 5.41) is 35.1. The van der Waals surface area contributed by atoms with Crippen LogP contribution in [0.2, 0.25) is 0 Å². The third-order valence-corrected chi connectivity index (χ3v) is 9.03. The average Bonchev–Trinajstić information content (AvgIpc) is 3.59. The second-order valence-electron chi connectivity index (χ2n) is 11.5. The first-order valence-corrected chi connectivity index (χ1v) is 16.6. The van der Waals surface area contributed by atoms with Crippen molar-refractivity contribution in [3.63, 3.8) is 0 Å². The van der Waals surface area contributed by atoms with E-state index in [-0.39, 0.29) is 18.3 Å². The van der Waals surface area contributed by atoms with E-state index in [0.717, 1.165) is 16.7 Å². The van der Waals surface area contributed by atoms with Gasteiger partial charge in [0.05, 0.1) is 24.5 Å². The Morgan fingerprint density at radius 2 is 1.67 bits per heavy atom. The number of ether oxygens (including phenoxy) is 3. The van der Waals surface area contributed by atoms with Crippen LogP contribution in [0.15, 0.2) is 108 Å². The maximum atomic E-state index is 12.7. The van der Waals surface area contributed by atoms with Crippen LogP contribution in [-0.4, -0.2) is 60.3 Å². The second-order valence-corrected chi connectivity index (χ2v) is 12.5. The molecule has 1 aliphatic rings. The molecule has 2 heterocycles. The average molecular weight is 682 g/mol. The molecule has 1 aliphatic heterocycles. The second kappa shape index (κ2) is 15.4. The summed E-state index contributed by atoms with van der Waals surface area (Å²) < 4.78 is 20.2. The van der Waals surface area contributed by atoms with Crippen LogP contribution in [-0.2, 0) is 30.4 Å². The standard InChI is InChI=1S/C36H35N5O7S/c1-22(46-23(2)43)34(45)37-28-10-6-9-27(19-28)35-47-31(21-49-36-38-39-40-41(36)29-15-17-30(44)18-16-29)32(25-7-4-3-5-8-25)33(48-35)26-13-11-24(20-42)12-14-26/h3-19,22,31-33,35,42,44H,20-21H2,1-2H3,(H,37,45). The molecule has 0 radical (unpaired) electrons. The first-order chi connectivity index (χ1) is 23.8. The number of aromatic nitrogens is 4. The molecule has 4 aromatic carbocycles. The monoisotopic (exact) mass is 681 g/mol. The highest BCUT2D eigenvalue weighted by Gasteiger charge is 2.42. The Labute approximate surface area is 287 Å². The molecule has 5 aromatic rings. The van der Waals surface area contributed by atoms with Crippen molar-refractivity contribution in [1.29, 1.82) is 0 Å². The number of rotatable bonds is 11.